The fraction of sp³-hybridized carbons (Fsp3) is 0.619. The number of halogens is 1. The van der Waals surface area contributed by atoms with Crippen molar-refractivity contribution in [2.45, 2.75) is 46.0 Å². The van der Waals surface area contributed by atoms with Crippen molar-refractivity contribution in [1.82, 2.24) is 10.6 Å². The number of hydrogen-bond donors (Lipinski definition) is 2. The predicted octanol–water partition coefficient (Wildman–Crippen LogP) is 3.54. The molecule has 0 aliphatic heterocycles. The summed E-state index contributed by atoms with van der Waals surface area (Å²) >= 11 is 0. The summed E-state index contributed by atoms with van der Waals surface area (Å²) < 4.78 is 15.9. The smallest absolute Gasteiger partial charge is 0.305 e. The zero-order chi connectivity index (χ0) is 20.6. The predicted molar refractivity (Wildman–Crippen MR) is 128 cm³/mol. The van der Waals surface area contributed by atoms with Crippen LogP contribution < -0.4 is 20.1 Å². The largest absolute Gasteiger partial charge is 0.490 e. The lowest BCUT2D eigenvalue weighted by atomic mass is 10.1. The minimum Gasteiger partial charge on any atom is -0.490 e. The van der Waals surface area contributed by atoms with Gasteiger partial charge >= 0.3 is 5.97 Å². The van der Waals surface area contributed by atoms with Crippen LogP contribution in [0.5, 0.6) is 11.5 Å². The Balaban J connectivity index is 0.00000784. The second-order valence-electron chi connectivity index (χ2n) is 6.21. The fourth-order valence-electron chi connectivity index (χ4n) is 2.68. The second kappa shape index (κ2) is 17.2. The molecule has 0 radical (unpaired) electrons. The monoisotopic (exact) mass is 521 g/mol. The molecule has 0 saturated heterocycles. The van der Waals surface area contributed by atoms with E-state index >= 15 is 0 Å². The average molecular weight is 521 g/mol. The van der Waals surface area contributed by atoms with E-state index in [1.807, 2.05) is 26.0 Å². The molecule has 0 heterocycles. The Hall–Kier alpha value is -1.71. The van der Waals surface area contributed by atoms with E-state index in [-0.39, 0.29) is 29.9 Å². The molecule has 0 bridgehead atoms. The SMILES string of the molecule is CCOc1ccc(CCNC(=NC)NCCCCCC(=O)OC)cc1OCC.I. The van der Waals surface area contributed by atoms with Crippen molar-refractivity contribution in [2.75, 3.05) is 40.5 Å². The maximum absolute atomic E-state index is 11.1. The summed E-state index contributed by atoms with van der Waals surface area (Å²) in [5.74, 6) is 2.21. The average Bonchev–Trinajstić information content (AvgIpc) is 2.71. The van der Waals surface area contributed by atoms with Crippen LogP contribution in [0.4, 0.5) is 0 Å². The van der Waals surface area contributed by atoms with Crippen LogP contribution in [0.2, 0.25) is 0 Å². The quantitative estimate of drug-likeness (QED) is 0.136. The summed E-state index contributed by atoms with van der Waals surface area (Å²) in [6.07, 6.45) is 4.14. The van der Waals surface area contributed by atoms with Gasteiger partial charge in [0.15, 0.2) is 17.5 Å². The summed E-state index contributed by atoms with van der Waals surface area (Å²) in [7, 11) is 3.18. The molecule has 8 heteroatoms. The van der Waals surface area contributed by atoms with Crippen LogP contribution in [0.15, 0.2) is 23.2 Å². The van der Waals surface area contributed by atoms with Crippen molar-refractivity contribution in [1.29, 1.82) is 0 Å². The third kappa shape index (κ3) is 11.8. The Morgan fingerprint density at radius 2 is 1.69 bits per heavy atom. The molecule has 29 heavy (non-hydrogen) atoms. The lowest BCUT2D eigenvalue weighted by Gasteiger charge is -2.14. The highest BCUT2D eigenvalue weighted by molar-refractivity contribution is 14.0. The van der Waals surface area contributed by atoms with Gasteiger partial charge in [-0.05, 0) is 50.8 Å². The Morgan fingerprint density at radius 1 is 1.00 bits per heavy atom. The van der Waals surface area contributed by atoms with Gasteiger partial charge in [0, 0.05) is 26.6 Å². The molecule has 1 aromatic rings. The molecule has 166 valence electrons. The molecule has 0 fully saturated rings. The van der Waals surface area contributed by atoms with Crippen molar-refractivity contribution in [3.05, 3.63) is 23.8 Å². The number of hydrogen-bond acceptors (Lipinski definition) is 5. The molecule has 0 aliphatic carbocycles. The molecule has 0 aromatic heterocycles. The number of carbonyl (C=O) groups excluding carboxylic acids is 1. The van der Waals surface area contributed by atoms with E-state index in [2.05, 4.69) is 26.4 Å². The van der Waals surface area contributed by atoms with Gasteiger partial charge in [0.25, 0.3) is 0 Å². The highest BCUT2D eigenvalue weighted by atomic mass is 127. The summed E-state index contributed by atoms with van der Waals surface area (Å²) in [6.45, 7) is 6.74. The third-order valence-corrected chi connectivity index (χ3v) is 4.12. The molecule has 0 amide bonds. The zero-order valence-corrected chi connectivity index (χ0v) is 20.4. The molecule has 2 N–H and O–H groups in total. The maximum atomic E-state index is 11.1. The highest BCUT2D eigenvalue weighted by Gasteiger charge is 2.06. The Labute approximate surface area is 192 Å². The normalized spacial score (nSPS) is 10.7. The molecule has 0 aliphatic rings. The van der Waals surface area contributed by atoms with Gasteiger partial charge in [0.05, 0.1) is 20.3 Å². The van der Waals surface area contributed by atoms with Gasteiger partial charge in [-0.1, -0.05) is 12.5 Å². The minimum absolute atomic E-state index is 0. The lowest BCUT2D eigenvalue weighted by Crippen LogP contribution is -2.38. The number of nitrogens with zero attached hydrogens (tertiary/aromatic N) is 1. The van der Waals surface area contributed by atoms with Crippen LogP contribution in [0.1, 0.15) is 45.1 Å². The van der Waals surface area contributed by atoms with Crippen LogP contribution in [0.25, 0.3) is 0 Å². The Kier molecular flexibility index (Phi) is 16.2. The second-order valence-corrected chi connectivity index (χ2v) is 6.21. The van der Waals surface area contributed by atoms with Crippen LogP contribution in [0, 0.1) is 0 Å². The topological polar surface area (TPSA) is 81.2 Å². The number of nitrogens with one attached hydrogen (secondary N) is 2. The van der Waals surface area contributed by atoms with Gasteiger partial charge in [-0.3, -0.25) is 9.79 Å². The number of methoxy groups -OCH3 is 1. The fourth-order valence-corrected chi connectivity index (χ4v) is 2.68. The molecule has 1 aromatic carbocycles. The van der Waals surface area contributed by atoms with Gasteiger partial charge < -0.3 is 24.8 Å². The van der Waals surface area contributed by atoms with Crippen molar-refractivity contribution >= 4 is 35.9 Å². The minimum atomic E-state index is -0.146. The molecule has 1 rings (SSSR count). The molecular weight excluding hydrogens is 485 g/mol. The highest BCUT2D eigenvalue weighted by Crippen LogP contribution is 2.28. The Bertz CT molecular complexity index is 612. The zero-order valence-electron chi connectivity index (χ0n) is 18.1. The summed E-state index contributed by atoms with van der Waals surface area (Å²) in [6, 6.07) is 6.06. The van der Waals surface area contributed by atoms with E-state index in [0.29, 0.717) is 19.6 Å². The molecule has 0 atom stereocenters. The number of aliphatic imine (C=N–C) groups is 1. The number of rotatable bonds is 13. The molecule has 7 nitrogen and oxygen atoms in total. The number of ether oxygens (including phenoxy) is 3. The van der Waals surface area contributed by atoms with Gasteiger partial charge in [-0.15, -0.1) is 24.0 Å². The summed E-state index contributed by atoms with van der Waals surface area (Å²) in [4.78, 5) is 15.3. The number of guanidine groups is 1. The number of esters is 1. The third-order valence-electron chi connectivity index (χ3n) is 4.12. The van der Waals surface area contributed by atoms with E-state index in [0.717, 1.165) is 56.2 Å². The van der Waals surface area contributed by atoms with Crippen molar-refractivity contribution in [3.8, 4) is 11.5 Å². The van der Waals surface area contributed by atoms with E-state index in [1.165, 1.54) is 12.7 Å². The van der Waals surface area contributed by atoms with E-state index in [9.17, 15) is 4.79 Å². The van der Waals surface area contributed by atoms with Gasteiger partial charge in [0.1, 0.15) is 0 Å². The van der Waals surface area contributed by atoms with Gasteiger partial charge in [-0.25, -0.2) is 0 Å². The van der Waals surface area contributed by atoms with Crippen LogP contribution in [-0.4, -0.2) is 52.4 Å². The first-order chi connectivity index (χ1) is 13.6. The first kappa shape index (κ1) is 27.3. The molecule has 0 saturated carbocycles. The van der Waals surface area contributed by atoms with Crippen molar-refractivity contribution in [2.24, 2.45) is 4.99 Å². The van der Waals surface area contributed by atoms with E-state index in [4.69, 9.17) is 9.47 Å². The first-order valence-electron chi connectivity index (χ1n) is 10.0. The van der Waals surface area contributed by atoms with Crippen molar-refractivity contribution in [3.63, 3.8) is 0 Å². The van der Waals surface area contributed by atoms with E-state index < -0.39 is 0 Å². The number of carbonyl (C=O) groups is 1. The number of unbranched alkanes of at least 4 members (excludes halogenated alkanes) is 2. The van der Waals surface area contributed by atoms with E-state index in [1.54, 1.807) is 7.05 Å². The van der Waals surface area contributed by atoms with Gasteiger partial charge in [-0.2, -0.15) is 0 Å². The van der Waals surface area contributed by atoms with Crippen LogP contribution in [0.3, 0.4) is 0 Å². The molecular formula is C21H36IN3O4. The van der Waals surface area contributed by atoms with Crippen LogP contribution >= 0.6 is 24.0 Å². The van der Waals surface area contributed by atoms with Crippen molar-refractivity contribution < 1.29 is 19.0 Å². The Morgan fingerprint density at radius 3 is 2.34 bits per heavy atom. The molecule has 0 spiro atoms. The standard InChI is InChI=1S/C21H35N3O4.HI/c1-5-27-18-12-11-17(16-19(18)28-6-2)13-15-24-21(22-3)23-14-9-7-8-10-20(25)26-4;/h11-12,16H,5-10,13-15H2,1-4H3,(H2,22,23,24);1H. The van der Waals surface area contributed by atoms with Gasteiger partial charge in [0.2, 0.25) is 0 Å². The maximum Gasteiger partial charge on any atom is 0.305 e. The first-order valence-corrected chi connectivity index (χ1v) is 10.0. The number of benzene rings is 1. The molecule has 0 unspecified atom stereocenters. The van der Waals surface area contributed by atoms with Crippen LogP contribution in [-0.2, 0) is 16.0 Å². The summed E-state index contributed by atoms with van der Waals surface area (Å²) in [5.41, 5.74) is 1.18. The lowest BCUT2D eigenvalue weighted by molar-refractivity contribution is -0.140. The summed E-state index contributed by atoms with van der Waals surface area (Å²) in [5, 5.41) is 6.61.